The predicted octanol–water partition coefficient (Wildman–Crippen LogP) is 6.92. The van der Waals surface area contributed by atoms with Crippen LogP contribution in [0.25, 0.3) is 0 Å². The number of carbonyl (C=O) groups is 1. The van der Waals surface area contributed by atoms with E-state index in [-0.39, 0.29) is 11.4 Å². The van der Waals surface area contributed by atoms with Gasteiger partial charge in [0.05, 0.1) is 17.1 Å². The number of hydrogen-bond acceptors (Lipinski definition) is 4. The second kappa shape index (κ2) is 11.8. The number of nitrogens with zero attached hydrogens (tertiary/aromatic N) is 1. The van der Waals surface area contributed by atoms with Gasteiger partial charge in [-0.2, -0.15) is 4.31 Å². The summed E-state index contributed by atoms with van der Waals surface area (Å²) in [6.45, 7) is 1.41. The number of hydrogen-bond donors (Lipinski definition) is 1. The number of carbonyl (C=O) groups excluding carboxylic acids is 1. The van der Waals surface area contributed by atoms with Gasteiger partial charge in [0.1, 0.15) is 5.75 Å². The molecule has 4 rings (SSSR count). The number of benzene rings is 4. The molecule has 0 aromatic heterocycles. The third-order valence-corrected chi connectivity index (χ3v) is 7.73. The summed E-state index contributed by atoms with van der Waals surface area (Å²) in [5.41, 5.74) is 1.93. The van der Waals surface area contributed by atoms with Crippen LogP contribution < -0.4 is 10.1 Å². The molecular formula is C28H24Cl2N2O4S. The molecule has 4 aromatic rings. The molecule has 0 bridgehead atoms. The Morgan fingerprint density at radius 3 is 2.19 bits per heavy atom. The second-order valence-electron chi connectivity index (χ2n) is 8.32. The van der Waals surface area contributed by atoms with Crippen molar-refractivity contribution in [3.05, 3.63) is 118 Å². The first-order valence-corrected chi connectivity index (χ1v) is 13.5. The SMILES string of the molecule is Cc1ccc(S(=O)(=O)N(CC(=O)Nc2cc(Cl)ccc2Oc2ccccc2)Cc2ccc(Cl)cc2)cc1. The van der Waals surface area contributed by atoms with E-state index in [4.69, 9.17) is 27.9 Å². The molecular weight excluding hydrogens is 531 g/mol. The maximum atomic E-state index is 13.5. The van der Waals surface area contributed by atoms with Crippen molar-refractivity contribution >= 4 is 44.8 Å². The molecule has 0 aliphatic carbocycles. The number of halogens is 2. The van der Waals surface area contributed by atoms with Gasteiger partial charge in [-0.15, -0.1) is 0 Å². The summed E-state index contributed by atoms with van der Waals surface area (Å²) in [5, 5.41) is 3.67. The lowest BCUT2D eigenvalue weighted by molar-refractivity contribution is -0.116. The van der Waals surface area contributed by atoms with Crippen LogP contribution in [0.2, 0.25) is 10.0 Å². The average molecular weight is 555 g/mol. The molecule has 9 heteroatoms. The molecule has 190 valence electrons. The zero-order valence-corrected chi connectivity index (χ0v) is 22.2. The zero-order valence-electron chi connectivity index (χ0n) is 19.9. The monoisotopic (exact) mass is 554 g/mol. The molecule has 37 heavy (non-hydrogen) atoms. The molecule has 6 nitrogen and oxygen atoms in total. The Balaban J connectivity index is 1.60. The Bertz CT molecular complexity index is 1480. The van der Waals surface area contributed by atoms with Crippen molar-refractivity contribution in [1.29, 1.82) is 0 Å². The van der Waals surface area contributed by atoms with Crippen molar-refractivity contribution in [2.45, 2.75) is 18.4 Å². The summed E-state index contributed by atoms with van der Waals surface area (Å²) in [6, 6.07) is 27.2. The van der Waals surface area contributed by atoms with Gasteiger partial charge in [-0.05, 0) is 67.1 Å². The van der Waals surface area contributed by atoms with Crippen LogP contribution in [0.3, 0.4) is 0 Å². The highest BCUT2D eigenvalue weighted by Gasteiger charge is 2.27. The van der Waals surface area contributed by atoms with E-state index in [9.17, 15) is 13.2 Å². The van der Waals surface area contributed by atoms with E-state index in [1.807, 2.05) is 25.1 Å². The Kier molecular flexibility index (Phi) is 8.51. The van der Waals surface area contributed by atoms with Gasteiger partial charge in [-0.25, -0.2) is 8.42 Å². The number of sulfonamides is 1. The molecule has 1 amide bonds. The van der Waals surface area contributed by atoms with Crippen LogP contribution in [0.15, 0.2) is 102 Å². The van der Waals surface area contributed by atoms with Crippen molar-refractivity contribution in [3.63, 3.8) is 0 Å². The van der Waals surface area contributed by atoms with Gasteiger partial charge in [-0.1, -0.05) is 71.2 Å². The smallest absolute Gasteiger partial charge is 0.243 e. The van der Waals surface area contributed by atoms with Crippen molar-refractivity contribution in [2.75, 3.05) is 11.9 Å². The van der Waals surface area contributed by atoms with Gasteiger partial charge in [0.15, 0.2) is 5.75 Å². The van der Waals surface area contributed by atoms with E-state index in [1.165, 1.54) is 12.1 Å². The Morgan fingerprint density at radius 2 is 1.51 bits per heavy atom. The van der Waals surface area contributed by atoms with E-state index in [0.717, 1.165) is 9.87 Å². The molecule has 0 saturated carbocycles. The maximum Gasteiger partial charge on any atom is 0.243 e. The first kappa shape index (κ1) is 26.7. The highest BCUT2D eigenvalue weighted by atomic mass is 35.5. The van der Waals surface area contributed by atoms with Crippen LogP contribution in [-0.2, 0) is 21.4 Å². The molecule has 0 aliphatic heterocycles. The van der Waals surface area contributed by atoms with Gasteiger partial charge < -0.3 is 10.1 Å². The normalized spacial score (nSPS) is 11.4. The predicted molar refractivity (Wildman–Crippen MR) is 147 cm³/mol. The van der Waals surface area contributed by atoms with Crippen molar-refractivity contribution < 1.29 is 17.9 Å². The molecule has 1 N–H and O–H groups in total. The lowest BCUT2D eigenvalue weighted by Crippen LogP contribution is -2.37. The van der Waals surface area contributed by atoms with Gasteiger partial charge in [0.2, 0.25) is 15.9 Å². The van der Waals surface area contributed by atoms with E-state index in [2.05, 4.69) is 5.32 Å². The summed E-state index contributed by atoms with van der Waals surface area (Å²) >= 11 is 12.2. The quantitative estimate of drug-likeness (QED) is 0.243. The fraction of sp³-hybridized carbons (Fsp3) is 0.107. The summed E-state index contributed by atoms with van der Waals surface area (Å²) in [7, 11) is -4.00. The molecule has 4 aromatic carbocycles. The van der Waals surface area contributed by atoms with Crippen LogP contribution in [0.1, 0.15) is 11.1 Å². The first-order chi connectivity index (χ1) is 17.7. The zero-order chi connectivity index (χ0) is 26.4. The summed E-state index contributed by atoms with van der Waals surface area (Å²) < 4.78 is 34.1. The van der Waals surface area contributed by atoms with Crippen molar-refractivity contribution in [2.24, 2.45) is 0 Å². The fourth-order valence-corrected chi connectivity index (χ4v) is 5.22. The lowest BCUT2D eigenvalue weighted by Gasteiger charge is -2.22. The van der Waals surface area contributed by atoms with Gasteiger partial charge in [0, 0.05) is 16.6 Å². The van der Waals surface area contributed by atoms with Crippen LogP contribution >= 0.6 is 23.2 Å². The largest absolute Gasteiger partial charge is 0.455 e. The topological polar surface area (TPSA) is 75.7 Å². The van der Waals surface area contributed by atoms with E-state index < -0.39 is 22.5 Å². The number of aryl methyl sites for hydroxylation is 1. The minimum absolute atomic E-state index is 0.0241. The summed E-state index contributed by atoms with van der Waals surface area (Å²) in [5.74, 6) is 0.394. The minimum Gasteiger partial charge on any atom is -0.455 e. The van der Waals surface area contributed by atoms with E-state index >= 15 is 0 Å². The van der Waals surface area contributed by atoms with Crippen LogP contribution in [-0.4, -0.2) is 25.2 Å². The van der Waals surface area contributed by atoms with E-state index in [0.29, 0.717) is 32.8 Å². The summed E-state index contributed by atoms with van der Waals surface area (Å²) in [4.78, 5) is 13.3. The van der Waals surface area contributed by atoms with Crippen LogP contribution in [0, 0.1) is 6.92 Å². The number of ether oxygens (including phenoxy) is 1. The third-order valence-electron chi connectivity index (χ3n) is 5.44. The Labute approximate surface area is 226 Å². The highest BCUT2D eigenvalue weighted by molar-refractivity contribution is 7.89. The number of amides is 1. The number of rotatable bonds is 9. The second-order valence-corrected chi connectivity index (χ2v) is 11.1. The molecule has 0 radical (unpaired) electrons. The average Bonchev–Trinajstić information content (AvgIpc) is 2.87. The van der Waals surface area contributed by atoms with Crippen LogP contribution in [0.4, 0.5) is 5.69 Å². The van der Waals surface area contributed by atoms with Crippen molar-refractivity contribution in [1.82, 2.24) is 4.31 Å². The molecule has 0 heterocycles. The van der Waals surface area contributed by atoms with E-state index in [1.54, 1.807) is 66.7 Å². The first-order valence-electron chi connectivity index (χ1n) is 11.3. The Hall–Kier alpha value is -3.36. The third kappa shape index (κ3) is 7.11. The number of para-hydroxylation sites is 1. The molecule has 0 saturated heterocycles. The standard InChI is InChI=1S/C28H24Cl2N2O4S/c1-20-7-14-25(15-8-20)37(34,35)32(18-21-9-11-22(29)12-10-21)19-28(33)31-26-17-23(30)13-16-27(26)36-24-5-3-2-4-6-24/h2-17H,18-19H2,1H3,(H,31,33). The number of anilines is 1. The molecule has 0 aliphatic rings. The fourth-order valence-electron chi connectivity index (χ4n) is 3.53. The summed E-state index contributed by atoms with van der Waals surface area (Å²) in [6.07, 6.45) is 0. The number of nitrogens with one attached hydrogen (secondary N) is 1. The van der Waals surface area contributed by atoms with Gasteiger partial charge in [0.25, 0.3) is 0 Å². The molecule has 0 atom stereocenters. The van der Waals surface area contributed by atoms with Crippen LogP contribution in [0.5, 0.6) is 11.5 Å². The maximum absolute atomic E-state index is 13.5. The van der Waals surface area contributed by atoms with Gasteiger partial charge in [-0.3, -0.25) is 4.79 Å². The van der Waals surface area contributed by atoms with Crippen molar-refractivity contribution in [3.8, 4) is 11.5 Å². The lowest BCUT2D eigenvalue weighted by atomic mass is 10.2. The molecule has 0 unspecified atom stereocenters. The molecule has 0 spiro atoms. The molecule has 0 fully saturated rings. The highest BCUT2D eigenvalue weighted by Crippen LogP contribution is 2.32. The minimum atomic E-state index is -4.00. The Morgan fingerprint density at radius 1 is 0.865 bits per heavy atom. The van der Waals surface area contributed by atoms with Gasteiger partial charge >= 0.3 is 0 Å².